The summed E-state index contributed by atoms with van der Waals surface area (Å²) in [6.07, 6.45) is 5.45. The molecule has 43 heavy (non-hydrogen) atoms. The molecule has 2 aromatic carbocycles. The van der Waals surface area contributed by atoms with E-state index in [0.29, 0.717) is 6.42 Å². The number of ether oxygens (including phenoxy) is 1. The normalized spacial score (nSPS) is 23.3. The van der Waals surface area contributed by atoms with Crippen LogP contribution in [-0.2, 0) is 36.8 Å². The summed E-state index contributed by atoms with van der Waals surface area (Å²) >= 11 is 0. The van der Waals surface area contributed by atoms with Crippen LogP contribution in [0.3, 0.4) is 0 Å². The van der Waals surface area contributed by atoms with Gasteiger partial charge in [-0.05, 0) is 29.4 Å². The Morgan fingerprint density at radius 2 is 1.28 bits per heavy atom. The molecule has 0 radical (unpaired) electrons. The third-order valence-corrected chi connectivity index (χ3v) is 8.42. The van der Waals surface area contributed by atoms with Gasteiger partial charge in [-0.1, -0.05) is 120 Å². The fourth-order valence-electron chi connectivity index (χ4n) is 5.41. The van der Waals surface area contributed by atoms with Gasteiger partial charge in [0.1, 0.15) is 24.2 Å². The summed E-state index contributed by atoms with van der Waals surface area (Å²) in [6.45, 7) is 7.99. The molecule has 0 aliphatic carbocycles. The van der Waals surface area contributed by atoms with Gasteiger partial charge in [-0.25, -0.2) is 4.79 Å². The van der Waals surface area contributed by atoms with E-state index in [1.54, 1.807) is 0 Å². The van der Waals surface area contributed by atoms with E-state index in [4.69, 9.17) is 4.74 Å². The van der Waals surface area contributed by atoms with Gasteiger partial charge in [-0.15, -0.1) is 0 Å². The zero-order valence-electron chi connectivity index (χ0n) is 26.1. The highest BCUT2D eigenvalue weighted by molar-refractivity contribution is 5.94. The molecule has 0 aromatic heterocycles. The van der Waals surface area contributed by atoms with Crippen LogP contribution in [0.25, 0.3) is 0 Å². The monoisotopic (exact) mass is 591 g/mol. The predicted octanol–water partition coefficient (Wildman–Crippen LogP) is 4.89. The maximum absolute atomic E-state index is 13.8. The summed E-state index contributed by atoms with van der Waals surface area (Å²) < 4.78 is 6.05. The fourth-order valence-corrected chi connectivity index (χ4v) is 5.41. The van der Waals surface area contributed by atoms with Gasteiger partial charge in [0, 0.05) is 12.8 Å². The van der Waals surface area contributed by atoms with Crippen molar-refractivity contribution in [2.24, 2.45) is 11.8 Å². The molecule has 3 amide bonds. The van der Waals surface area contributed by atoms with E-state index in [-0.39, 0.29) is 37.0 Å². The minimum Gasteiger partial charge on any atom is -0.460 e. The van der Waals surface area contributed by atoms with Gasteiger partial charge in [-0.2, -0.15) is 0 Å². The Morgan fingerprint density at radius 1 is 0.721 bits per heavy atom. The van der Waals surface area contributed by atoms with E-state index in [1.165, 1.54) is 0 Å². The quantitative estimate of drug-likeness (QED) is 0.240. The highest BCUT2D eigenvalue weighted by atomic mass is 16.5. The predicted molar refractivity (Wildman–Crippen MR) is 168 cm³/mol. The number of esters is 1. The second-order valence-electron chi connectivity index (χ2n) is 11.9. The number of carbonyl (C=O) groups is 4. The first-order chi connectivity index (χ1) is 20.7. The van der Waals surface area contributed by atoms with Crippen LogP contribution < -0.4 is 16.0 Å². The molecule has 8 nitrogen and oxygen atoms in total. The zero-order valence-corrected chi connectivity index (χ0v) is 26.1. The second kappa shape index (κ2) is 17.4. The highest BCUT2D eigenvalue weighted by Crippen LogP contribution is 2.22. The van der Waals surface area contributed by atoms with Crippen molar-refractivity contribution in [2.75, 3.05) is 0 Å². The van der Waals surface area contributed by atoms with Crippen molar-refractivity contribution in [1.82, 2.24) is 16.0 Å². The standard InChI is InChI=1S/C35H49N3O5/c1-5-7-8-11-16-25(4)30-23-31(39)36-28(21-26-17-12-9-13-18-26)33(40)37-29(22-27-19-14-10-15-20-27)34(41)38-32(24(3)6-2)35(42)43-30/h9-10,12-15,17-20,24-25,28-30,32H,5-8,11,16,21-23H2,1-4H3,(H,36,39)(H,37,40)(H,38,41)/t24-,25?,28+,29+,30?,32?/m1/s1. The van der Waals surface area contributed by atoms with Gasteiger partial charge < -0.3 is 20.7 Å². The number of hydrogen-bond donors (Lipinski definition) is 3. The second-order valence-corrected chi connectivity index (χ2v) is 11.9. The molecule has 0 saturated carbocycles. The van der Waals surface area contributed by atoms with Crippen molar-refractivity contribution in [1.29, 1.82) is 0 Å². The minimum atomic E-state index is -0.960. The summed E-state index contributed by atoms with van der Waals surface area (Å²) in [5.74, 6) is -2.12. The van der Waals surface area contributed by atoms with Gasteiger partial charge >= 0.3 is 5.97 Å². The van der Waals surface area contributed by atoms with Crippen LogP contribution in [0.1, 0.15) is 83.8 Å². The molecular formula is C35H49N3O5. The third-order valence-electron chi connectivity index (χ3n) is 8.42. The van der Waals surface area contributed by atoms with Crippen LogP contribution in [0.5, 0.6) is 0 Å². The van der Waals surface area contributed by atoms with Crippen LogP contribution in [0.4, 0.5) is 0 Å². The first-order valence-electron chi connectivity index (χ1n) is 15.9. The summed E-state index contributed by atoms with van der Waals surface area (Å²) in [7, 11) is 0. The number of benzene rings is 2. The van der Waals surface area contributed by atoms with Crippen LogP contribution >= 0.6 is 0 Å². The summed E-state index contributed by atoms with van der Waals surface area (Å²) in [5, 5.41) is 8.70. The molecule has 2 aromatic rings. The number of unbranched alkanes of at least 4 members (excludes halogenated alkanes) is 3. The summed E-state index contributed by atoms with van der Waals surface area (Å²) in [5.41, 5.74) is 1.73. The summed E-state index contributed by atoms with van der Waals surface area (Å²) in [6, 6.07) is 16.1. The lowest BCUT2D eigenvalue weighted by molar-refractivity contribution is -0.158. The lowest BCUT2D eigenvalue weighted by Gasteiger charge is -2.29. The maximum Gasteiger partial charge on any atom is 0.329 e. The minimum absolute atomic E-state index is 0.0616. The number of carbonyl (C=O) groups excluding carboxylic acids is 4. The molecular weight excluding hydrogens is 542 g/mol. The van der Waals surface area contributed by atoms with Crippen molar-refractivity contribution in [3.05, 3.63) is 71.8 Å². The Hall–Kier alpha value is -3.68. The average Bonchev–Trinajstić information content (AvgIpc) is 3.01. The van der Waals surface area contributed by atoms with E-state index in [2.05, 4.69) is 22.9 Å². The molecule has 1 aliphatic rings. The highest BCUT2D eigenvalue weighted by Gasteiger charge is 2.36. The number of amides is 3. The molecule has 0 spiro atoms. The van der Waals surface area contributed by atoms with Crippen molar-refractivity contribution in [2.45, 2.75) is 110 Å². The molecule has 6 atom stereocenters. The smallest absolute Gasteiger partial charge is 0.329 e. The van der Waals surface area contributed by atoms with Gasteiger partial charge in [0.15, 0.2) is 0 Å². The molecule has 3 rings (SSSR count). The number of rotatable bonds is 12. The molecule has 234 valence electrons. The molecule has 3 unspecified atom stereocenters. The first-order valence-corrected chi connectivity index (χ1v) is 15.9. The molecule has 3 N–H and O–H groups in total. The molecule has 8 heteroatoms. The van der Waals surface area contributed by atoms with Crippen molar-refractivity contribution < 1.29 is 23.9 Å². The Balaban J connectivity index is 1.96. The molecule has 1 aliphatic heterocycles. The fraction of sp³-hybridized carbons (Fsp3) is 0.543. The SMILES string of the molecule is CCCCCCC(C)C1CC(=O)N[C@@H](Cc2ccccc2)C(=O)N[C@@H](Cc2ccccc2)C(=O)NC([C@H](C)CC)C(=O)O1. The van der Waals surface area contributed by atoms with Crippen LogP contribution in [0.2, 0.25) is 0 Å². The van der Waals surface area contributed by atoms with Crippen molar-refractivity contribution in [3.8, 4) is 0 Å². The Kier molecular flexibility index (Phi) is 13.7. The van der Waals surface area contributed by atoms with E-state index in [1.807, 2.05) is 81.4 Å². The third kappa shape index (κ3) is 10.8. The average molecular weight is 592 g/mol. The van der Waals surface area contributed by atoms with Crippen LogP contribution in [-0.4, -0.2) is 47.9 Å². The number of nitrogens with one attached hydrogen (secondary N) is 3. The molecule has 1 heterocycles. The van der Waals surface area contributed by atoms with E-state index in [0.717, 1.165) is 43.2 Å². The number of cyclic esters (lactones) is 1. The molecule has 0 bridgehead atoms. The Morgan fingerprint density at radius 3 is 1.84 bits per heavy atom. The van der Waals surface area contributed by atoms with E-state index < -0.39 is 42.0 Å². The van der Waals surface area contributed by atoms with Crippen molar-refractivity contribution >= 4 is 23.7 Å². The number of hydrogen-bond acceptors (Lipinski definition) is 5. The Bertz CT molecular complexity index is 1170. The largest absolute Gasteiger partial charge is 0.460 e. The van der Waals surface area contributed by atoms with Crippen LogP contribution in [0, 0.1) is 11.8 Å². The van der Waals surface area contributed by atoms with Gasteiger partial charge in [0.05, 0.1) is 6.42 Å². The zero-order chi connectivity index (χ0) is 31.2. The topological polar surface area (TPSA) is 114 Å². The van der Waals surface area contributed by atoms with Gasteiger partial charge in [0.2, 0.25) is 17.7 Å². The maximum atomic E-state index is 13.8. The molecule has 1 saturated heterocycles. The molecule has 1 fully saturated rings. The first kappa shape index (κ1) is 33.8. The lowest BCUT2D eigenvalue weighted by atomic mass is 9.93. The van der Waals surface area contributed by atoms with E-state index >= 15 is 0 Å². The van der Waals surface area contributed by atoms with Crippen molar-refractivity contribution in [3.63, 3.8) is 0 Å². The van der Waals surface area contributed by atoms with E-state index in [9.17, 15) is 19.2 Å². The summed E-state index contributed by atoms with van der Waals surface area (Å²) in [4.78, 5) is 54.6. The van der Waals surface area contributed by atoms with Crippen LogP contribution in [0.15, 0.2) is 60.7 Å². The Labute approximate surface area is 256 Å². The van der Waals surface area contributed by atoms with Gasteiger partial charge in [-0.3, -0.25) is 14.4 Å². The van der Waals surface area contributed by atoms with Gasteiger partial charge in [0.25, 0.3) is 0 Å². The lowest BCUT2D eigenvalue weighted by Crippen LogP contribution is -2.57.